The van der Waals surface area contributed by atoms with Crippen molar-refractivity contribution >= 4 is 16.7 Å². The lowest BCUT2D eigenvalue weighted by atomic mass is 10.0. The van der Waals surface area contributed by atoms with Gasteiger partial charge in [0.05, 0.1) is 5.56 Å². The molecule has 2 rings (SSSR count). The van der Waals surface area contributed by atoms with Crippen LogP contribution in [-0.2, 0) is 0 Å². The van der Waals surface area contributed by atoms with E-state index in [1.807, 2.05) is 12.1 Å². The average molecular weight is 240 g/mol. The van der Waals surface area contributed by atoms with Crippen LogP contribution >= 0.6 is 0 Å². The molecule has 0 aliphatic rings. The highest BCUT2D eigenvalue weighted by Gasteiger charge is 2.12. The molecule has 0 spiro atoms. The molecule has 1 atom stereocenters. The van der Waals surface area contributed by atoms with E-state index in [1.165, 1.54) is 6.07 Å². The van der Waals surface area contributed by atoms with Crippen molar-refractivity contribution in [3.8, 4) is 18.1 Å². The molecule has 0 heterocycles. The molecule has 90 valence electrons. The van der Waals surface area contributed by atoms with Gasteiger partial charge in [0.15, 0.2) is 6.10 Å². The van der Waals surface area contributed by atoms with Crippen molar-refractivity contribution in [2.75, 3.05) is 0 Å². The van der Waals surface area contributed by atoms with Gasteiger partial charge in [0.2, 0.25) is 0 Å². The Morgan fingerprint density at radius 3 is 2.56 bits per heavy atom. The summed E-state index contributed by atoms with van der Waals surface area (Å²) in [4.78, 5) is 11.1. The van der Waals surface area contributed by atoms with Crippen LogP contribution in [0.15, 0.2) is 36.4 Å². The van der Waals surface area contributed by atoms with Gasteiger partial charge < -0.3 is 9.84 Å². The molecule has 1 N–H and O–H groups in total. The maximum Gasteiger partial charge on any atom is 0.336 e. The van der Waals surface area contributed by atoms with Crippen molar-refractivity contribution in [1.29, 1.82) is 0 Å². The van der Waals surface area contributed by atoms with E-state index in [0.29, 0.717) is 11.1 Å². The first-order valence-electron chi connectivity index (χ1n) is 5.51. The van der Waals surface area contributed by atoms with Crippen LogP contribution in [0.1, 0.15) is 17.3 Å². The number of carboxylic acid groups (broad SMARTS) is 1. The molecule has 0 aromatic heterocycles. The number of terminal acetylenes is 1. The molecule has 3 heteroatoms. The molecule has 0 aliphatic heterocycles. The van der Waals surface area contributed by atoms with Crippen molar-refractivity contribution in [3.63, 3.8) is 0 Å². The van der Waals surface area contributed by atoms with E-state index in [1.54, 1.807) is 25.1 Å². The van der Waals surface area contributed by atoms with Crippen LogP contribution in [0.2, 0.25) is 0 Å². The monoisotopic (exact) mass is 240 g/mol. The molecule has 0 saturated carbocycles. The SMILES string of the molecule is C#CC(C)Oc1ccc(C(=O)O)c2ccccc12. The van der Waals surface area contributed by atoms with Crippen LogP contribution in [0, 0.1) is 12.3 Å². The lowest BCUT2D eigenvalue weighted by molar-refractivity contribution is 0.0699. The standard InChI is InChI=1S/C15H12O3/c1-3-10(2)18-14-9-8-13(15(16)17)11-6-4-5-7-12(11)14/h1,4-10H,2H3,(H,16,17). The molecule has 3 nitrogen and oxygen atoms in total. The maximum atomic E-state index is 11.1. The zero-order chi connectivity index (χ0) is 13.1. The van der Waals surface area contributed by atoms with Crippen molar-refractivity contribution < 1.29 is 14.6 Å². The van der Waals surface area contributed by atoms with E-state index in [2.05, 4.69) is 5.92 Å². The van der Waals surface area contributed by atoms with Crippen LogP contribution in [0.3, 0.4) is 0 Å². The van der Waals surface area contributed by atoms with Crippen LogP contribution in [0.5, 0.6) is 5.75 Å². The maximum absolute atomic E-state index is 11.1. The minimum atomic E-state index is -0.956. The lowest BCUT2D eigenvalue weighted by Gasteiger charge is -2.12. The summed E-state index contributed by atoms with van der Waals surface area (Å²) in [6, 6.07) is 10.4. The Bertz CT molecular complexity index is 638. The zero-order valence-corrected chi connectivity index (χ0v) is 9.88. The average Bonchev–Trinajstić information content (AvgIpc) is 2.38. The van der Waals surface area contributed by atoms with Crippen LogP contribution in [-0.4, -0.2) is 17.2 Å². The minimum Gasteiger partial charge on any atom is -0.478 e. The second kappa shape index (κ2) is 4.80. The van der Waals surface area contributed by atoms with E-state index in [0.717, 1.165) is 5.39 Å². The summed E-state index contributed by atoms with van der Waals surface area (Å²) in [5.41, 5.74) is 0.256. The van der Waals surface area contributed by atoms with Gasteiger partial charge in [0.25, 0.3) is 0 Å². The predicted octanol–water partition coefficient (Wildman–Crippen LogP) is 2.94. The number of hydrogen-bond donors (Lipinski definition) is 1. The molecule has 1 unspecified atom stereocenters. The van der Waals surface area contributed by atoms with Gasteiger partial charge in [-0.3, -0.25) is 0 Å². The Hall–Kier alpha value is -2.47. The van der Waals surface area contributed by atoms with E-state index in [4.69, 9.17) is 16.3 Å². The quantitative estimate of drug-likeness (QED) is 0.839. The van der Waals surface area contributed by atoms with Gasteiger partial charge in [-0.1, -0.05) is 30.2 Å². The summed E-state index contributed by atoms with van der Waals surface area (Å²) in [6.45, 7) is 1.76. The summed E-state index contributed by atoms with van der Waals surface area (Å²) in [5.74, 6) is 2.12. The molecule has 0 fully saturated rings. The smallest absolute Gasteiger partial charge is 0.336 e. The topological polar surface area (TPSA) is 46.5 Å². The molecular formula is C15H12O3. The van der Waals surface area contributed by atoms with E-state index in [9.17, 15) is 4.79 Å². The normalized spacial score (nSPS) is 11.8. The fourth-order valence-corrected chi connectivity index (χ4v) is 1.79. The Labute approximate surface area is 105 Å². The molecule has 2 aromatic rings. The zero-order valence-electron chi connectivity index (χ0n) is 9.88. The predicted molar refractivity (Wildman–Crippen MR) is 69.8 cm³/mol. The van der Waals surface area contributed by atoms with Gasteiger partial charge in [0, 0.05) is 5.39 Å². The van der Waals surface area contributed by atoms with Crippen molar-refractivity contribution in [3.05, 3.63) is 42.0 Å². The molecule has 2 aromatic carbocycles. The number of benzene rings is 2. The van der Waals surface area contributed by atoms with Gasteiger partial charge in [0.1, 0.15) is 5.75 Å². The minimum absolute atomic E-state index is 0.256. The van der Waals surface area contributed by atoms with E-state index in [-0.39, 0.29) is 11.7 Å². The highest BCUT2D eigenvalue weighted by molar-refractivity contribution is 6.05. The van der Waals surface area contributed by atoms with Gasteiger partial charge in [-0.05, 0) is 24.4 Å². The van der Waals surface area contributed by atoms with Crippen molar-refractivity contribution in [2.45, 2.75) is 13.0 Å². The number of carbonyl (C=O) groups is 1. The van der Waals surface area contributed by atoms with E-state index >= 15 is 0 Å². The number of carboxylic acids is 1. The number of ether oxygens (including phenoxy) is 1. The molecular weight excluding hydrogens is 228 g/mol. The Morgan fingerprint density at radius 1 is 1.28 bits per heavy atom. The van der Waals surface area contributed by atoms with Gasteiger partial charge in [-0.15, -0.1) is 6.42 Å². The van der Waals surface area contributed by atoms with Crippen LogP contribution < -0.4 is 4.74 Å². The summed E-state index contributed by atoms with van der Waals surface area (Å²) in [6.07, 6.45) is 4.92. The molecule has 0 bridgehead atoms. The fraction of sp³-hybridized carbons (Fsp3) is 0.133. The third-order valence-electron chi connectivity index (χ3n) is 2.65. The number of hydrogen-bond acceptors (Lipinski definition) is 2. The Morgan fingerprint density at radius 2 is 1.94 bits per heavy atom. The molecule has 0 saturated heterocycles. The van der Waals surface area contributed by atoms with Crippen molar-refractivity contribution in [2.24, 2.45) is 0 Å². The van der Waals surface area contributed by atoms with E-state index < -0.39 is 5.97 Å². The highest BCUT2D eigenvalue weighted by Crippen LogP contribution is 2.29. The summed E-state index contributed by atoms with van der Waals surface area (Å²) < 4.78 is 5.58. The molecule has 0 radical (unpaired) electrons. The first-order valence-corrected chi connectivity index (χ1v) is 5.51. The van der Waals surface area contributed by atoms with Crippen molar-refractivity contribution in [1.82, 2.24) is 0 Å². The second-order valence-corrected chi connectivity index (χ2v) is 3.89. The largest absolute Gasteiger partial charge is 0.478 e. The Kier molecular flexibility index (Phi) is 3.20. The lowest BCUT2D eigenvalue weighted by Crippen LogP contribution is -2.09. The molecule has 0 aliphatic carbocycles. The van der Waals surface area contributed by atoms with Crippen LogP contribution in [0.25, 0.3) is 10.8 Å². The first kappa shape index (κ1) is 12.0. The van der Waals surface area contributed by atoms with Gasteiger partial charge >= 0.3 is 5.97 Å². The second-order valence-electron chi connectivity index (χ2n) is 3.89. The summed E-state index contributed by atoms with van der Waals surface area (Å²) in [7, 11) is 0. The van der Waals surface area contributed by atoms with Gasteiger partial charge in [-0.2, -0.15) is 0 Å². The van der Waals surface area contributed by atoms with Gasteiger partial charge in [-0.25, -0.2) is 4.79 Å². The van der Waals surface area contributed by atoms with Crippen LogP contribution in [0.4, 0.5) is 0 Å². The number of rotatable bonds is 3. The molecule has 0 amide bonds. The third kappa shape index (κ3) is 2.14. The third-order valence-corrected chi connectivity index (χ3v) is 2.65. The molecule has 18 heavy (non-hydrogen) atoms. The number of aromatic carboxylic acids is 1. The summed E-state index contributed by atoms with van der Waals surface area (Å²) in [5, 5.41) is 10.5. The highest BCUT2D eigenvalue weighted by atomic mass is 16.5. The first-order chi connectivity index (χ1) is 8.63. The Balaban J connectivity index is 2.61. The number of fused-ring (bicyclic) bond motifs is 1. The summed E-state index contributed by atoms with van der Waals surface area (Å²) >= 11 is 0. The fourth-order valence-electron chi connectivity index (χ4n) is 1.79.